The van der Waals surface area contributed by atoms with Crippen molar-refractivity contribution in [1.82, 2.24) is 10.6 Å². The van der Waals surface area contributed by atoms with Crippen LogP contribution in [-0.2, 0) is 14.3 Å². The summed E-state index contributed by atoms with van der Waals surface area (Å²) in [6.45, 7) is 2.81. The summed E-state index contributed by atoms with van der Waals surface area (Å²) in [5.41, 5.74) is 9.89. The number of primary amides is 2. The minimum Gasteiger partial charge on any atom is -0.376 e. The van der Waals surface area contributed by atoms with Crippen molar-refractivity contribution in [3.05, 3.63) is 0 Å². The van der Waals surface area contributed by atoms with Gasteiger partial charge in [0, 0.05) is 6.54 Å². The zero-order chi connectivity index (χ0) is 15.8. The normalized spacial score (nSPS) is 21.8. The number of carbonyl (C=O) groups excluding carboxylic acids is 3. The molecular formula is C13H24N4O4. The third-order valence-corrected chi connectivity index (χ3v) is 3.60. The summed E-state index contributed by atoms with van der Waals surface area (Å²) < 4.78 is 5.72. The molecule has 8 nitrogen and oxygen atoms in total. The molecule has 0 heterocycles. The maximum absolute atomic E-state index is 11.5. The summed E-state index contributed by atoms with van der Waals surface area (Å²) in [7, 11) is 0. The van der Waals surface area contributed by atoms with Gasteiger partial charge in [0.2, 0.25) is 11.8 Å². The van der Waals surface area contributed by atoms with E-state index in [4.69, 9.17) is 16.2 Å². The minimum atomic E-state index is -1.51. The molecule has 2 atom stereocenters. The lowest BCUT2D eigenvalue weighted by molar-refractivity contribution is -0.128. The van der Waals surface area contributed by atoms with E-state index in [1.807, 2.05) is 0 Å². The van der Waals surface area contributed by atoms with Crippen LogP contribution in [0.1, 0.15) is 32.6 Å². The molecule has 0 spiro atoms. The van der Waals surface area contributed by atoms with E-state index in [9.17, 15) is 14.4 Å². The number of nitrogens with two attached hydrogens (primary N) is 2. The third kappa shape index (κ3) is 5.99. The summed E-state index contributed by atoms with van der Waals surface area (Å²) in [6.07, 6.45) is 4.84. The number of hydrogen-bond acceptors (Lipinski definition) is 4. The van der Waals surface area contributed by atoms with Crippen LogP contribution in [0, 0.1) is 5.92 Å². The van der Waals surface area contributed by atoms with Crippen molar-refractivity contribution >= 4 is 17.8 Å². The van der Waals surface area contributed by atoms with Crippen molar-refractivity contribution < 1.29 is 19.1 Å². The van der Waals surface area contributed by atoms with Crippen LogP contribution >= 0.6 is 0 Å². The van der Waals surface area contributed by atoms with Crippen LogP contribution in [0.25, 0.3) is 0 Å². The van der Waals surface area contributed by atoms with Gasteiger partial charge in [-0.05, 0) is 18.8 Å². The summed E-state index contributed by atoms with van der Waals surface area (Å²) >= 11 is 0. The molecule has 0 aromatic carbocycles. The lowest BCUT2D eigenvalue weighted by Gasteiger charge is -2.28. The van der Waals surface area contributed by atoms with E-state index in [2.05, 4.69) is 17.6 Å². The second-order valence-corrected chi connectivity index (χ2v) is 5.31. The molecule has 1 saturated carbocycles. The molecule has 0 radical (unpaired) electrons. The van der Waals surface area contributed by atoms with Gasteiger partial charge in [-0.25, -0.2) is 4.79 Å². The first kappa shape index (κ1) is 17.2. The van der Waals surface area contributed by atoms with Gasteiger partial charge in [0.1, 0.15) is 0 Å². The van der Waals surface area contributed by atoms with Crippen molar-refractivity contribution in [1.29, 1.82) is 0 Å². The molecule has 1 rings (SSSR count). The summed E-state index contributed by atoms with van der Waals surface area (Å²) in [5, 5.41) is 4.60. The van der Waals surface area contributed by atoms with E-state index in [1.54, 1.807) is 0 Å². The predicted molar refractivity (Wildman–Crippen MR) is 76.1 cm³/mol. The molecule has 0 aliphatic heterocycles. The van der Waals surface area contributed by atoms with Crippen molar-refractivity contribution in [2.24, 2.45) is 17.4 Å². The highest BCUT2D eigenvalue weighted by Gasteiger charge is 2.24. The van der Waals surface area contributed by atoms with Gasteiger partial charge < -0.3 is 26.8 Å². The van der Waals surface area contributed by atoms with Crippen LogP contribution in [-0.4, -0.2) is 43.1 Å². The molecule has 1 fully saturated rings. The largest absolute Gasteiger partial charge is 0.376 e. The Morgan fingerprint density at radius 3 is 2.38 bits per heavy atom. The predicted octanol–water partition coefficient (Wildman–Crippen LogP) is -0.780. The van der Waals surface area contributed by atoms with E-state index in [1.165, 1.54) is 12.8 Å². The molecule has 1 aliphatic carbocycles. The molecule has 21 heavy (non-hydrogen) atoms. The van der Waals surface area contributed by atoms with Gasteiger partial charge in [-0.3, -0.25) is 9.59 Å². The Labute approximate surface area is 123 Å². The minimum absolute atomic E-state index is 0.229. The zero-order valence-electron chi connectivity index (χ0n) is 12.3. The Kier molecular flexibility index (Phi) is 6.93. The van der Waals surface area contributed by atoms with Gasteiger partial charge in [0.05, 0.1) is 12.7 Å². The van der Waals surface area contributed by atoms with Crippen LogP contribution in [0.4, 0.5) is 4.79 Å². The number of rotatable bonds is 7. The lowest BCUT2D eigenvalue weighted by atomic mass is 9.88. The summed E-state index contributed by atoms with van der Waals surface area (Å²) in [4.78, 5) is 33.3. The topological polar surface area (TPSA) is 137 Å². The first-order valence-corrected chi connectivity index (χ1v) is 7.16. The smallest absolute Gasteiger partial charge is 0.315 e. The van der Waals surface area contributed by atoms with Gasteiger partial charge in [-0.1, -0.05) is 19.8 Å². The molecule has 0 aromatic rings. The fraction of sp³-hybridized carbons (Fsp3) is 0.769. The molecule has 0 saturated heterocycles. The molecule has 8 heteroatoms. The third-order valence-electron chi connectivity index (χ3n) is 3.60. The summed E-state index contributed by atoms with van der Waals surface area (Å²) in [6, 6.07) is -2.19. The lowest BCUT2D eigenvalue weighted by Crippen LogP contribution is -2.55. The first-order chi connectivity index (χ1) is 9.91. The van der Waals surface area contributed by atoms with Crippen LogP contribution in [0.2, 0.25) is 0 Å². The van der Waals surface area contributed by atoms with Crippen molar-refractivity contribution in [2.45, 2.75) is 44.8 Å². The fourth-order valence-corrected chi connectivity index (χ4v) is 2.37. The van der Waals surface area contributed by atoms with E-state index in [-0.39, 0.29) is 12.6 Å². The SMILES string of the molecule is CC1CCCCC1OCCNC(=O)NC(C(N)=O)C(N)=O. The van der Waals surface area contributed by atoms with E-state index >= 15 is 0 Å². The Morgan fingerprint density at radius 1 is 1.19 bits per heavy atom. The Balaban J connectivity index is 2.21. The first-order valence-electron chi connectivity index (χ1n) is 7.16. The number of urea groups is 1. The zero-order valence-corrected chi connectivity index (χ0v) is 12.3. The highest BCUT2D eigenvalue weighted by molar-refractivity contribution is 6.05. The number of amides is 4. The number of ether oxygens (including phenoxy) is 1. The van der Waals surface area contributed by atoms with Gasteiger partial charge in [-0.15, -0.1) is 0 Å². The Morgan fingerprint density at radius 2 is 1.81 bits per heavy atom. The van der Waals surface area contributed by atoms with Gasteiger partial charge >= 0.3 is 6.03 Å². The van der Waals surface area contributed by atoms with E-state index in [0.29, 0.717) is 12.5 Å². The highest BCUT2D eigenvalue weighted by atomic mass is 16.5. The molecule has 0 bridgehead atoms. The van der Waals surface area contributed by atoms with Crippen LogP contribution in [0.15, 0.2) is 0 Å². The fourth-order valence-electron chi connectivity index (χ4n) is 2.37. The molecule has 0 aromatic heterocycles. The Hall–Kier alpha value is -1.83. The van der Waals surface area contributed by atoms with Crippen molar-refractivity contribution in [3.63, 3.8) is 0 Å². The second kappa shape index (κ2) is 8.46. The molecule has 120 valence electrons. The molecule has 6 N–H and O–H groups in total. The van der Waals surface area contributed by atoms with Crippen molar-refractivity contribution in [2.75, 3.05) is 13.2 Å². The Bertz CT molecular complexity index is 374. The van der Waals surface area contributed by atoms with E-state index in [0.717, 1.165) is 12.8 Å². The van der Waals surface area contributed by atoms with Crippen LogP contribution < -0.4 is 22.1 Å². The second-order valence-electron chi connectivity index (χ2n) is 5.31. The molecule has 1 aliphatic rings. The quantitative estimate of drug-likeness (QED) is 0.362. The average molecular weight is 300 g/mol. The molecular weight excluding hydrogens is 276 g/mol. The number of nitrogens with one attached hydrogen (secondary N) is 2. The van der Waals surface area contributed by atoms with Crippen LogP contribution in [0.3, 0.4) is 0 Å². The summed E-state index contributed by atoms with van der Waals surface area (Å²) in [5.74, 6) is -1.46. The van der Waals surface area contributed by atoms with E-state index < -0.39 is 23.9 Å². The molecule has 4 amide bonds. The number of carbonyl (C=O) groups is 3. The maximum Gasteiger partial charge on any atom is 0.315 e. The molecule has 2 unspecified atom stereocenters. The average Bonchev–Trinajstić information content (AvgIpc) is 2.42. The number of hydrogen-bond donors (Lipinski definition) is 4. The van der Waals surface area contributed by atoms with Gasteiger partial charge in [0.25, 0.3) is 0 Å². The standard InChI is InChI=1S/C13H24N4O4/c1-8-4-2-3-5-9(8)21-7-6-16-13(20)17-10(11(14)18)12(15)19/h8-10H,2-7H2,1H3,(H2,14,18)(H2,15,19)(H2,16,17,20). The highest BCUT2D eigenvalue weighted by Crippen LogP contribution is 2.25. The van der Waals surface area contributed by atoms with Crippen LogP contribution in [0.5, 0.6) is 0 Å². The van der Waals surface area contributed by atoms with Crippen molar-refractivity contribution in [3.8, 4) is 0 Å². The maximum atomic E-state index is 11.5. The van der Waals surface area contributed by atoms with Gasteiger partial charge in [-0.2, -0.15) is 0 Å². The monoisotopic (exact) mass is 300 g/mol. The van der Waals surface area contributed by atoms with Gasteiger partial charge in [0.15, 0.2) is 6.04 Å².